The van der Waals surface area contributed by atoms with Gasteiger partial charge in [-0.2, -0.15) is 0 Å². The molecular weight excluding hydrogens is 208 g/mol. The van der Waals surface area contributed by atoms with Gasteiger partial charge in [0.2, 0.25) is 0 Å². The summed E-state index contributed by atoms with van der Waals surface area (Å²) in [5.74, 6) is 0. The summed E-state index contributed by atoms with van der Waals surface area (Å²) >= 11 is 0. The minimum absolute atomic E-state index is 0.128. The Labute approximate surface area is 95.9 Å². The van der Waals surface area contributed by atoms with Crippen molar-refractivity contribution in [2.24, 2.45) is 0 Å². The first-order valence-electron chi connectivity index (χ1n) is 6.36. The van der Waals surface area contributed by atoms with E-state index in [4.69, 9.17) is 14.2 Å². The van der Waals surface area contributed by atoms with Gasteiger partial charge in [-0.05, 0) is 19.3 Å². The average Bonchev–Trinajstić information content (AvgIpc) is 2.59. The van der Waals surface area contributed by atoms with Crippen LogP contribution in [0.1, 0.15) is 39.0 Å². The van der Waals surface area contributed by atoms with Crippen molar-refractivity contribution in [3.63, 3.8) is 0 Å². The Morgan fingerprint density at radius 1 is 1.38 bits per heavy atom. The second kappa shape index (κ2) is 3.95. The smallest absolute Gasteiger partial charge is 0.181 e. The minimum atomic E-state index is -0.760. The van der Waals surface area contributed by atoms with Crippen LogP contribution in [0.2, 0.25) is 0 Å². The van der Waals surface area contributed by atoms with E-state index in [-0.39, 0.29) is 17.8 Å². The van der Waals surface area contributed by atoms with Gasteiger partial charge in [0.15, 0.2) is 6.29 Å². The quantitative estimate of drug-likeness (QED) is 0.771. The average molecular weight is 228 g/mol. The van der Waals surface area contributed by atoms with E-state index < -0.39 is 6.29 Å². The SMILES string of the molecule is CCC[C@H]1CC[C@@H]2O[C@H]3C[C@]2(COC3O)O1. The van der Waals surface area contributed by atoms with Gasteiger partial charge in [-0.1, -0.05) is 13.3 Å². The fourth-order valence-electron chi connectivity index (χ4n) is 3.25. The molecule has 0 aromatic carbocycles. The van der Waals surface area contributed by atoms with Crippen molar-refractivity contribution in [1.29, 1.82) is 0 Å². The molecule has 0 saturated carbocycles. The summed E-state index contributed by atoms with van der Waals surface area (Å²) in [7, 11) is 0. The normalized spacial score (nSPS) is 51.4. The lowest BCUT2D eigenvalue weighted by Crippen LogP contribution is -2.53. The third-order valence-electron chi connectivity index (χ3n) is 4.05. The third kappa shape index (κ3) is 1.59. The number of fused-ring (bicyclic) bond motifs is 1. The van der Waals surface area contributed by atoms with Gasteiger partial charge >= 0.3 is 0 Å². The van der Waals surface area contributed by atoms with Crippen molar-refractivity contribution in [2.45, 2.75) is 69.2 Å². The van der Waals surface area contributed by atoms with E-state index in [1.165, 1.54) is 0 Å². The van der Waals surface area contributed by atoms with Crippen molar-refractivity contribution in [1.82, 2.24) is 0 Å². The van der Waals surface area contributed by atoms with Crippen LogP contribution in [-0.2, 0) is 14.2 Å². The fraction of sp³-hybridized carbons (Fsp3) is 1.00. The minimum Gasteiger partial charge on any atom is -0.367 e. The lowest BCUT2D eigenvalue weighted by atomic mass is 9.85. The Morgan fingerprint density at radius 2 is 2.25 bits per heavy atom. The molecule has 3 fully saturated rings. The molecule has 3 saturated heterocycles. The van der Waals surface area contributed by atoms with Gasteiger partial charge in [0.1, 0.15) is 11.7 Å². The number of rotatable bonds is 2. The van der Waals surface area contributed by atoms with Crippen LogP contribution in [0, 0.1) is 0 Å². The van der Waals surface area contributed by atoms with Crippen LogP contribution in [0.3, 0.4) is 0 Å². The predicted molar refractivity (Wildman–Crippen MR) is 57.0 cm³/mol. The molecule has 0 aromatic heterocycles. The molecule has 5 atom stereocenters. The van der Waals surface area contributed by atoms with Crippen molar-refractivity contribution in [2.75, 3.05) is 6.61 Å². The molecule has 3 aliphatic heterocycles. The number of hydrogen-bond donors (Lipinski definition) is 1. The van der Waals surface area contributed by atoms with E-state index in [0.717, 1.165) is 32.1 Å². The van der Waals surface area contributed by atoms with Crippen molar-refractivity contribution >= 4 is 0 Å². The molecule has 3 heterocycles. The largest absolute Gasteiger partial charge is 0.367 e. The van der Waals surface area contributed by atoms with Gasteiger partial charge < -0.3 is 19.3 Å². The predicted octanol–water partition coefficient (Wildman–Crippen LogP) is 1.21. The summed E-state index contributed by atoms with van der Waals surface area (Å²) in [6.45, 7) is 2.66. The van der Waals surface area contributed by atoms with E-state index in [0.29, 0.717) is 12.7 Å². The Hall–Kier alpha value is -0.160. The van der Waals surface area contributed by atoms with Gasteiger partial charge in [-0.3, -0.25) is 0 Å². The first-order chi connectivity index (χ1) is 7.73. The first-order valence-corrected chi connectivity index (χ1v) is 6.36. The van der Waals surface area contributed by atoms with Crippen LogP contribution in [0.15, 0.2) is 0 Å². The van der Waals surface area contributed by atoms with Crippen molar-refractivity contribution in [3.8, 4) is 0 Å². The zero-order chi connectivity index (χ0) is 11.2. The summed E-state index contributed by atoms with van der Waals surface area (Å²) in [5.41, 5.74) is -0.262. The van der Waals surface area contributed by atoms with Crippen molar-refractivity contribution < 1.29 is 19.3 Å². The number of aliphatic hydroxyl groups is 1. The molecule has 0 aromatic rings. The van der Waals surface area contributed by atoms with Crippen LogP contribution in [0.4, 0.5) is 0 Å². The lowest BCUT2D eigenvalue weighted by molar-refractivity contribution is -0.222. The van der Waals surface area contributed by atoms with Crippen LogP contribution < -0.4 is 0 Å². The van der Waals surface area contributed by atoms with Crippen LogP contribution in [0.5, 0.6) is 0 Å². The summed E-state index contributed by atoms with van der Waals surface area (Å²) < 4.78 is 17.4. The Balaban J connectivity index is 1.74. The van der Waals surface area contributed by atoms with Gasteiger partial charge in [-0.15, -0.1) is 0 Å². The summed E-state index contributed by atoms with van der Waals surface area (Å²) in [5, 5.41) is 9.61. The fourth-order valence-corrected chi connectivity index (χ4v) is 3.25. The monoisotopic (exact) mass is 228 g/mol. The summed E-state index contributed by atoms with van der Waals surface area (Å²) in [6.07, 6.45) is 4.70. The zero-order valence-electron chi connectivity index (χ0n) is 9.72. The highest BCUT2D eigenvalue weighted by atomic mass is 16.7. The molecule has 4 nitrogen and oxygen atoms in total. The highest BCUT2D eigenvalue weighted by Gasteiger charge is 2.58. The zero-order valence-corrected chi connectivity index (χ0v) is 9.72. The lowest BCUT2D eigenvalue weighted by Gasteiger charge is -2.42. The van der Waals surface area contributed by atoms with E-state index in [1.807, 2.05) is 0 Å². The molecule has 92 valence electrons. The number of aliphatic hydroxyl groups excluding tert-OH is 1. The van der Waals surface area contributed by atoms with Crippen LogP contribution >= 0.6 is 0 Å². The van der Waals surface area contributed by atoms with Gasteiger partial charge in [0, 0.05) is 6.42 Å². The first kappa shape index (κ1) is 11.0. The van der Waals surface area contributed by atoms with Gasteiger partial charge in [0.25, 0.3) is 0 Å². The topological polar surface area (TPSA) is 47.9 Å². The van der Waals surface area contributed by atoms with E-state index in [1.54, 1.807) is 0 Å². The molecule has 3 rings (SSSR count). The second-order valence-electron chi connectivity index (χ2n) is 5.24. The van der Waals surface area contributed by atoms with Gasteiger partial charge in [-0.25, -0.2) is 0 Å². The molecule has 0 radical (unpaired) electrons. The highest BCUT2D eigenvalue weighted by Crippen LogP contribution is 2.46. The molecule has 2 bridgehead atoms. The van der Waals surface area contributed by atoms with Crippen LogP contribution in [-0.4, -0.2) is 41.9 Å². The molecule has 1 N–H and O–H groups in total. The number of hydrogen-bond acceptors (Lipinski definition) is 4. The maximum absolute atomic E-state index is 9.61. The third-order valence-corrected chi connectivity index (χ3v) is 4.05. The maximum atomic E-state index is 9.61. The highest BCUT2D eigenvalue weighted by molar-refractivity contribution is 5.04. The standard InChI is InChI=1S/C12H20O4/c1-2-3-8-4-5-10-12(16-8)6-9(15-10)11(13)14-7-12/h8-11,13H,2-7H2,1H3/t8-,9-,10-,11?,12+/m0/s1. The molecule has 1 spiro atoms. The summed E-state index contributed by atoms with van der Waals surface area (Å²) in [6, 6.07) is 0. The summed E-state index contributed by atoms with van der Waals surface area (Å²) in [4.78, 5) is 0. The number of ether oxygens (including phenoxy) is 3. The van der Waals surface area contributed by atoms with Crippen LogP contribution in [0.25, 0.3) is 0 Å². The van der Waals surface area contributed by atoms with E-state index >= 15 is 0 Å². The maximum Gasteiger partial charge on any atom is 0.181 e. The molecule has 0 amide bonds. The molecule has 1 unspecified atom stereocenters. The van der Waals surface area contributed by atoms with E-state index in [9.17, 15) is 5.11 Å². The Bertz CT molecular complexity index is 270. The molecule has 3 aliphatic rings. The Kier molecular flexibility index (Phi) is 2.70. The van der Waals surface area contributed by atoms with E-state index in [2.05, 4.69) is 6.92 Å². The molecule has 4 heteroatoms. The molecule has 16 heavy (non-hydrogen) atoms. The molecule has 0 aliphatic carbocycles. The van der Waals surface area contributed by atoms with Crippen molar-refractivity contribution in [3.05, 3.63) is 0 Å². The Morgan fingerprint density at radius 3 is 3.06 bits per heavy atom. The molecular formula is C12H20O4. The van der Waals surface area contributed by atoms with Gasteiger partial charge in [0.05, 0.1) is 18.8 Å². The second-order valence-corrected chi connectivity index (χ2v) is 5.24.